The van der Waals surface area contributed by atoms with Gasteiger partial charge < -0.3 is 14.0 Å². The molecule has 106 valence electrons. The van der Waals surface area contributed by atoms with Crippen molar-refractivity contribution in [1.29, 1.82) is 0 Å². The number of oxazole rings is 1. The van der Waals surface area contributed by atoms with Gasteiger partial charge in [0.15, 0.2) is 11.5 Å². The van der Waals surface area contributed by atoms with Gasteiger partial charge in [0.05, 0.1) is 11.8 Å². The van der Waals surface area contributed by atoms with E-state index in [2.05, 4.69) is 15.1 Å². The molecule has 0 spiro atoms. The van der Waals surface area contributed by atoms with Crippen molar-refractivity contribution in [1.82, 2.24) is 10.1 Å². The topological polar surface area (TPSA) is 84.7 Å². The second-order valence-electron chi connectivity index (χ2n) is 4.24. The standard InChI is InChI=1S/C14H10FN3O3/c1-8-6-12(18-21-8)16-7-11-14(19)20-13(17-11)9-4-2-3-5-10(9)15/h2-7,19H,1H3. The maximum absolute atomic E-state index is 13.6. The smallest absolute Gasteiger partial charge is 0.312 e. The number of halogens is 1. The zero-order valence-electron chi connectivity index (χ0n) is 10.9. The molecule has 0 saturated carbocycles. The third kappa shape index (κ3) is 2.66. The number of aromatic nitrogens is 2. The normalized spacial score (nSPS) is 11.3. The van der Waals surface area contributed by atoms with Crippen LogP contribution in [-0.4, -0.2) is 21.5 Å². The predicted octanol–water partition coefficient (Wildman–Crippen LogP) is 3.23. The van der Waals surface area contributed by atoms with Crippen LogP contribution in [0.4, 0.5) is 10.2 Å². The molecule has 0 bridgehead atoms. The van der Waals surface area contributed by atoms with Crippen molar-refractivity contribution in [2.45, 2.75) is 6.92 Å². The van der Waals surface area contributed by atoms with Crippen molar-refractivity contribution in [3.63, 3.8) is 0 Å². The van der Waals surface area contributed by atoms with Crippen molar-refractivity contribution in [3.05, 3.63) is 47.6 Å². The second-order valence-corrected chi connectivity index (χ2v) is 4.24. The van der Waals surface area contributed by atoms with Crippen molar-refractivity contribution in [2.75, 3.05) is 0 Å². The Morgan fingerprint density at radius 3 is 2.86 bits per heavy atom. The zero-order chi connectivity index (χ0) is 14.8. The SMILES string of the molecule is Cc1cc(N=Cc2nc(-c3ccccc3F)oc2O)no1. The third-order valence-corrected chi connectivity index (χ3v) is 2.67. The maximum Gasteiger partial charge on any atom is 0.312 e. The molecule has 0 amide bonds. The quantitative estimate of drug-likeness (QED) is 0.747. The summed E-state index contributed by atoms with van der Waals surface area (Å²) in [6.45, 7) is 1.73. The fraction of sp³-hybridized carbons (Fsp3) is 0.0714. The summed E-state index contributed by atoms with van der Waals surface area (Å²) in [4.78, 5) is 7.98. The molecule has 2 heterocycles. The molecule has 0 aliphatic carbocycles. The molecular formula is C14H10FN3O3. The fourth-order valence-corrected chi connectivity index (χ4v) is 1.70. The number of aromatic hydroxyl groups is 1. The van der Waals surface area contributed by atoms with Crippen LogP contribution in [0.1, 0.15) is 11.5 Å². The van der Waals surface area contributed by atoms with E-state index in [1.807, 2.05) is 0 Å². The largest absolute Gasteiger partial charge is 0.479 e. The lowest BCUT2D eigenvalue weighted by atomic mass is 10.2. The minimum Gasteiger partial charge on any atom is -0.479 e. The second kappa shape index (κ2) is 5.20. The van der Waals surface area contributed by atoms with Gasteiger partial charge in [-0.25, -0.2) is 14.4 Å². The highest BCUT2D eigenvalue weighted by Gasteiger charge is 2.15. The summed E-state index contributed by atoms with van der Waals surface area (Å²) in [7, 11) is 0. The fourth-order valence-electron chi connectivity index (χ4n) is 1.70. The average Bonchev–Trinajstić information content (AvgIpc) is 3.03. The summed E-state index contributed by atoms with van der Waals surface area (Å²) >= 11 is 0. The van der Waals surface area contributed by atoms with Crippen molar-refractivity contribution in [2.24, 2.45) is 4.99 Å². The molecule has 3 aromatic rings. The molecule has 7 heteroatoms. The Hall–Kier alpha value is -2.96. The van der Waals surface area contributed by atoms with E-state index in [1.165, 1.54) is 18.3 Å². The molecule has 1 N–H and O–H groups in total. The van der Waals surface area contributed by atoms with Crippen molar-refractivity contribution < 1.29 is 18.4 Å². The summed E-state index contributed by atoms with van der Waals surface area (Å²) in [5.41, 5.74) is 0.235. The van der Waals surface area contributed by atoms with E-state index in [4.69, 9.17) is 8.94 Å². The minimum absolute atomic E-state index is 0.0246. The molecule has 1 aromatic carbocycles. The van der Waals surface area contributed by atoms with Crippen LogP contribution in [0.25, 0.3) is 11.5 Å². The summed E-state index contributed by atoms with van der Waals surface area (Å²) in [6.07, 6.45) is 1.26. The number of benzene rings is 1. The van der Waals surface area contributed by atoms with Gasteiger partial charge in [-0.05, 0) is 19.1 Å². The Kier molecular flexibility index (Phi) is 3.23. The summed E-state index contributed by atoms with van der Waals surface area (Å²) in [6, 6.07) is 7.60. The summed E-state index contributed by atoms with van der Waals surface area (Å²) < 4.78 is 23.5. The van der Waals surface area contributed by atoms with Crippen molar-refractivity contribution >= 4 is 12.0 Å². The van der Waals surface area contributed by atoms with Gasteiger partial charge in [-0.1, -0.05) is 17.3 Å². The first-order valence-corrected chi connectivity index (χ1v) is 6.05. The van der Waals surface area contributed by atoms with Crippen LogP contribution in [0.3, 0.4) is 0 Å². The first-order chi connectivity index (χ1) is 10.1. The number of rotatable bonds is 3. The third-order valence-electron chi connectivity index (χ3n) is 2.67. The van der Waals surface area contributed by atoms with E-state index < -0.39 is 11.8 Å². The van der Waals surface area contributed by atoms with Crippen LogP contribution in [-0.2, 0) is 0 Å². The average molecular weight is 287 g/mol. The number of hydrogen-bond donors (Lipinski definition) is 1. The first kappa shape index (κ1) is 13.0. The van der Waals surface area contributed by atoms with Crippen LogP contribution < -0.4 is 0 Å². The highest BCUT2D eigenvalue weighted by atomic mass is 19.1. The van der Waals surface area contributed by atoms with Gasteiger partial charge in [-0.2, -0.15) is 0 Å². The predicted molar refractivity (Wildman–Crippen MR) is 72.1 cm³/mol. The molecule has 0 radical (unpaired) electrons. The van der Waals surface area contributed by atoms with Gasteiger partial charge >= 0.3 is 5.95 Å². The van der Waals surface area contributed by atoms with Crippen LogP contribution in [0, 0.1) is 12.7 Å². The monoisotopic (exact) mass is 287 g/mol. The number of nitrogens with zero attached hydrogens (tertiary/aromatic N) is 3. The maximum atomic E-state index is 13.6. The van der Waals surface area contributed by atoms with E-state index >= 15 is 0 Å². The molecule has 0 saturated heterocycles. The molecule has 0 atom stereocenters. The van der Waals surface area contributed by atoms with Crippen LogP contribution in [0.2, 0.25) is 0 Å². The molecule has 6 nitrogen and oxygen atoms in total. The lowest BCUT2D eigenvalue weighted by Gasteiger charge is -1.95. The van der Waals surface area contributed by atoms with Gasteiger partial charge in [0.2, 0.25) is 5.89 Å². The molecule has 3 rings (SSSR count). The number of aliphatic imine (C=N–C) groups is 1. The zero-order valence-corrected chi connectivity index (χ0v) is 10.9. The Balaban J connectivity index is 1.92. The highest BCUT2D eigenvalue weighted by Crippen LogP contribution is 2.27. The molecule has 0 aliphatic heterocycles. The Morgan fingerprint density at radius 1 is 1.33 bits per heavy atom. The van der Waals surface area contributed by atoms with Crippen LogP contribution in [0.5, 0.6) is 5.95 Å². The molecule has 21 heavy (non-hydrogen) atoms. The van der Waals surface area contributed by atoms with Gasteiger partial charge in [0.1, 0.15) is 11.6 Å². The molecule has 0 unspecified atom stereocenters. The van der Waals surface area contributed by atoms with Gasteiger partial charge in [0, 0.05) is 6.07 Å². The van der Waals surface area contributed by atoms with Gasteiger partial charge in [-0.15, -0.1) is 0 Å². The van der Waals surface area contributed by atoms with Gasteiger partial charge in [0.25, 0.3) is 0 Å². The minimum atomic E-state index is -0.491. The molecular weight excluding hydrogens is 277 g/mol. The van der Waals surface area contributed by atoms with E-state index in [0.717, 1.165) is 0 Å². The summed E-state index contributed by atoms with van der Waals surface area (Å²) in [5, 5.41) is 13.3. The molecule has 0 aliphatic rings. The van der Waals surface area contributed by atoms with Crippen molar-refractivity contribution in [3.8, 4) is 17.4 Å². The van der Waals surface area contributed by atoms with Crippen LogP contribution >= 0.6 is 0 Å². The lowest BCUT2D eigenvalue weighted by molar-refractivity contribution is 0.336. The number of aryl methyl sites for hydroxylation is 1. The summed E-state index contributed by atoms with van der Waals surface area (Å²) in [5.74, 6) is -0.0177. The Morgan fingerprint density at radius 2 is 2.14 bits per heavy atom. The van der Waals surface area contributed by atoms with E-state index in [0.29, 0.717) is 11.6 Å². The molecule has 2 aromatic heterocycles. The van der Waals surface area contributed by atoms with E-state index in [1.54, 1.807) is 25.1 Å². The lowest BCUT2D eigenvalue weighted by Crippen LogP contribution is -1.85. The number of hydrogen-bond acceptors (Lipinski definition) is 6. The van der Waals surface area contributed by atoms with E-state index in [-0.39, 0.29) is 17.1 Å². The highest BCUT2D eigenvalue weighted by molar-refractivity contribution is 5.82. The van der Waals surface area contributed by atoms with Crippen LogP contribution in [0.15, 0.2) is 44.3 Å². The Labute approximate surface area is 118 Å². The molecule has 0 fully saturated rings. The Bertz CT molecular complexity index is 807. The first-order valence-electron chi connectivity index (χ1n) is 6.05. The van der Waals surface area contributed by atoms with Gasteiger partial charge in [-0.3, -0.25) is 0 Å². The van der Waals surface area contributed by atoms with E-state index in [9.17, 15) is 9.50 Å².